The van der Waals surface area contributed by atoms with Gasteiger partial charge in [-0.25, -0.2) is 0 Å². The Morgan fingerprint density at radius 2 is 1.83 bits per heavy atom. The van der Waals surface area contributed by atoms with Crippen molar-refractivity contribution in [3.63, 3.8) is 0 Å². The summed E-state index contributed by atoms with van der Waals surface area (Å²) >= 11 is 2.06. The van der Waals surface area contributed by atoms with Gasteiger partial charge in [-0.2, -0.15) is 11.8 Å². The zero-order valence-electron chi connectivity index (χ0n) is 8.94. The quantitative estimate of drug-likeness (QED) is 0.645. The Morgan fingerprint density at radius 1 is 1.17 bits per heavy atom. The third-order valence-electron chi connectivity index (χ3n) is 1.47. The highest BCUT2D eigenvalue weighted by molar-refractivity contribution is 7.99. The molecule has 0 aliphatic rings. The van der Waals surface area contributed by atoms with E-state index in [0.717, 1.165) is 6.54 Å². The van der Waals surface area contributed by atoms with E-state index in [2.05, 4.69) is 44.8 Å². The highest BCUT2D eigenvalue weighted by atomic mass is 32.2. The summed E-state index contributed by atoms with van der Waals surface area (Å²) in [5.74, 6) is 2.62. The highest BCUT2D eigenvalue weighted by Crippen LogP contribution is 2.04. The van der Waals surface area contributed by atoms with Crippen molar-refractivity contribution in [2.24, 2.45) is 0 Å². The minimum absolute atomic E-state index is 0.287. The van der Waals surface area contributed by atoms with Crippen LogP contribution in [0.5, 0.6) is 0 Å². The lowest BCUT2D eigenvalue weighted by molar-refractivity contribution is 0.427. The Morgan fingerprint density at radius 3 is 2.33 bits per heavy atom. The molecule has 0 bridgehead atoms. The molecule has 0 aliphatic carbocycles. The Bertz CT molecular complexity index is 96.5. The molecule has 0 radical (unpaired) electrons. The van der Waals surface area contributed by atoms with Gasteiger partial charge in [-0.15, -0.1) is 0 Å². The third-order valence-corrected chi connectivity index (χ3v) is 2.74. The maximum Gasteiger partial charge on any atom is 0.00965 e. The Balaban J connectivity index is 3.01. The summed E-state index contributed by atoms with van der Waals surface area (Å²) in [4.78, 5) is 0. The topological polar surface area (TPSA) is 12.0 Å². The van der Waals surface area contributed by atoms with E-state index in [1.54, 1.807) is 0 Å². The molecule has 2 heteroatoms. The fourth-order valence-electron chi connectivity index (χ4n) is 0.884. The molecule has 0 aromatic rings. The zero-order valence-corrected chi connectivity index (χ0v) is 9.76. The van der Waals surface area contributed by atoms with Crippen LogP contribution >= 0.6 is 11.8 Å². The van der Waals surface area contributed by atoms with Crippen molar-refractivity contribution in [3.8, 4) is 0 Å². The fourth-order valence-corrected chi connectivity index (χ4v) is 1.73. The molecule has 0 saturated carbocycles. The van der Waals surface area contributed by atoms with E-state index in [9.17, 15) is 0 Å². The van der Waals surface area contributed by atoms with E-state index in [-0.39, 0.29) is 5.54 Å². The molecule has 74 valence electrons. The van der Waals surface area contributed by atoms with E-state index >= 15 is 0 Å². The van der Waals surface area contributed by atoms with Crippen molar-refractivity contribution in [3.05, 3.63) is 0 Å². The summed E-state index contributed by atoms with van der Waals surface area (Å²) in [5.41, 5.74) is 0.287. The lowest BCUT2D eigenvalue weighted by atomic mass is 10.1. The monoisotopic (exact) mass is 189 g/mol. The van der Waals surface area contributed by atoms with Gasteiger partial charge in [0.25, 0.3) is 0 Å². The first-order chi connectivity index (χ1) is 5.56. The summed E-state index contributed by atoms with van der Waals surface area (Å²) in [6, 6.07) is 0. The van der Waals surface area contributed by atoms with Gasteiger partial charge in [-0.05, 0) is 51.7 Å². The molecule has 0 fully saturated rings. The van der Waals surface area contributed by atoms with Crippen LogP contribution in [0.3, 0.4) is 0 Å². The van der Waals surface area contributed by atoms with Gasteiger partial charge in [-0.3, -0.25) is 0 Å². The van der Waals surface area contributed by atoms with Crippen LogP contribution in [-0.2, 0) is 0 Å². The van der Waals surface area contributed by atoms with Crippen LogP contribution in [0.2, 0.25) is 0 Å². The maximum atomic E-state index is 3.49. The molecule has 12 heavy (non-hydrogen) atoms. The first-order valence-corrected chi connectivity index (χ1v) is 6.04. The summed E-state index contributed by atoms with van der Waals surface area (Å²) < 4.78 is 0. The molecule has 0 spiro atoms. The predicted octanol–water partition coefficient (Wildman–Crippen LogP) is 2.91. The fraction of sp³-hybridized carbons (Fsp3) is 1.00. The van der Waals surface area contributed by atoms with Gasteiger partial charge in [0.2, 0.25) is 0 Å². The van der Waals surface area contributed by atoms with E-state index in [4.69, 9.17) is 0 Å². The molecule has 0 aliphatic heterocycles. The summed E-state index contributed by atoms with van der Waals surface area (Å²) in [6.45, 7) is 10.0. The van der Waals surface area contributed by atoms with E-state index in [1.165, 1.54) is 24.3 Å². The number of thioether (sulfide) groups is 1. The molecule has 0 atom stereocenters. The lowest BCUT2D eigenvalue weighted by Crippen LogP contribution is -2.36. The van der Waals surface area contributed by atoms with Crippen molar-refractivity contribution >= 4 is 11.8 Å². The second kappa shape index (κ2) is 6.79. The molecular weight excluding hydrogens is 166 g/mol. The minimum Gasteiger partial charge on any atom is -0.312 e. The highest BCUT2D eigenvalue weighted by Gasteiger charge is 2.06. The van der Waals surface area contributed by atoms with Gasteiger partial charge < -0.3 is 5.32 Å². The van der Waals surface area contributed by atoms with Crippen molar-refractivity contribution in [2.75, 3.05) is 18.1 Å². The standard InChI is InChI=1S/C10H23NS/c1-5-8-12-9-6-7-11-10(2,3)4/h11H,5-9H2,1-4H3. The van der Waals surface area contributed by atoms with Crippen LogP contribution in [-0.4, -0.2) is 23.6 Å². The SMILES string of the molecule is CCCSCCCNC(C)(C)C. The Kier molecular flexibility index (Phi) is 6.96. The van der Waals surface area contributed by atoms with Crippen LogP contribution in [0, 0.1) is 0 Å². The molecular formula is C10H23NS. The van der Waals surface area contributed by atoms with Crippen molar-refractivity contribution < 1.29 is 0 Å². The molecule has 0 unspecified atom stereocenters. The van der Waals surface area contributed by atoms with Crippen LogP contribution in [0.1, 0.15) is 40.5 Å². The minimum atomic E-state index is 0.287. The van der Waals surface area contributed by atoms with Crippen LogP contribution < -0.4 is 5.32 Å². The molecule has 0 aromatic carbocycles. The molecule has 0 heterocycles. The number of nitrogens with one attached hydrogen (secondary N) is 1. The van der Waals surface area contributed by atoms with Crippen LogP contribution in [0.25, 0.3) is 0 Å². The second-order valence-corrected chi connectivity index (χ2v) is 5.37. The maximum absolute atomic E-state index is 3.49. The van der Waals surface area contributed by atoms with Gasteiger partial charge in [0.15, 0.2) is 0 Å². The van der Waals surface area contributed by atoms with Gasteiger partial charge >= 0.3 is 0 Å². The zero-order chi connectivity index (χ0) is 9.45. The van der Waals surface area contributed by atoms with Crippen LogP contribution in [0.4, 0.5) is 0 Å². The summed E-state index contributed by atoms with van der Waals surface area (Å²) in [6.07, 6.45) is 2.60. The molecule has 0 aromatic heterocycles. The van der Waals surface area contributed by atoms with Crippen molar-refractivity contribution in [1.82, 2.24) is 5.32 Å². The largest absolute Gasteiger partial charge is 0.312 e. The van der Waals surface area contributed by atoms with Gasteiger partial charge in [0.1, 0.15) is 0 Å². The van der Waals surface area contributed by atoms with Crippen LogP contribution in [0.15, 0.2) is 0 Å². The van der Waals surface area contributed by atoms with Crippen molar-refractivity contribution in [1.29, 1.82) is 0 Å². The first-order valence-electron chi connectivity index (χ1n) is 4.89. The molecule has 1 N–H and O–H groups in total. The van der Waals surface area contributed by atoms with Gasteiger partial charge in [0.05, 0.1) is 0 Å². The third kappa shape index (κ3) is 10.3. The molecule has 1 nitrogen and oxygen atoms in total. The smallest absolute Gasteiger partial charge is 0.00965 e. The number of hydrogen-bond donors (Lipinski definition) is 1. The number of rotatable bonds is 6. The van der Waals surface area contributed by atoms with Gasteiger partial charge in [-0.1, -0.05) is 6.92 Å². The Labute approximate surface area is 81.7 Å². The number of hydrogen-bond acceptors (Lipinski definition) is 2. The predicted molar refractivity (Wildman–Crippen MR) is 60.0 cm³/mol. The summed E-state index contributed by atoms with van der Waals surface area (Å²) in [7, 11) is 0. The first kappa shape index (κ1) is 12.3. The summed E-state index contributed by atoms with van der Waals surface area (Å²) in [5, 5.41) is 3.49. The Hall–Kier alpha value is 0.310. The lowest BCUT2D eigenvalue weighted by Gasteiger charge is -2.20. The normalized spacial score (nSPS) is 12.0. The van der Waals surface area contributed by atoms with E-state index in [1.807, 2.05) is 0 Å². The average Bonchev–Trinajstić information content (AvgIpc) is 1.94. The molecule has 0 amide bonds. The molecule has 0 rings (SSSR count). The van der Waals surface area contributed by atoms with E-state index in [0.29, 0.717) is 0 Å². The molecule has 0 saturated heterocycles. The second-order valence-electron chi connectivity index (χ2n) is 4.14. The van der Waals surface area contributed by atoms with Gasteiger partial charge in [0, 0.05) is 5.54 Å². The van der Waals surface area contributed by atoms with Crippen molar-refractivity contribution in [2.45, 2.75) is 46.1 Å². The van der Waals surface area contributed by atoms with E-state index < -0.39 is 0 Å². The average molecular weight is 189 g/mol.